The molecule has 1 N–H and O–H groups in total. The summed E-state index contributed by atoms with van der Waals surface area (Å²) in [5, 5.41) is 9.30. The van der Waals surface area contributed by atoms with Gasteiger partial charge in [0, 0.05) is 0 Å². The number of aliphatic hydroxyl groups excluding tert-OH is 1. The van der Waals surface area contributed by atoms with Gasteiger partial charge in [-0.1, -0.05) is 19.6 Å². The average molecular weight is 178 g/mol. The minimum Gasteiger partial charge on any atom is -0.508 e. The Labute approximate surface area is 80.5 Å². The molecule has 1 saturated carbocycles. The van der Waals surface area contributed by atoms with Crippen LogP contribution in [0.1, 0.15) is 26.7 Å². The van der Waals surface area contributed by atoms with Crippen LogP contribution in [-0.4, -0.2) is 5.11 Å². The lowest BCUT2D eigenvalue weighted by atomic mass is 10.1. The lowest BCUT2D eigenvalue weighted by Gasteiger charge is -2.00. The van der Waals surface area contributed by atoms with E-state index in [1.54, 1.807) is 12.2 Å². The van der Waals surface area contributed by atoms with Crippen molar-refractivity contribution in [3.05, 3.63) is 36.1 Å². The number of aliphatic hydroxyl groups is 1. The zero-order valence-electron chi connectivity index (χ0n) is 8.46. The van der Waals surface area contributed by atoms with E-state index in [0.29, 0.717) is 5.76 Å². The van der Waals surface area contributed by atoms with Crippen molar-refractivity contribution in [1.29, 1.82) is 0 Å². The Morgan fingerprint density at radius 3 is 2.62 bits per heavy atom. The normalized spacial score (nSPS) is 28.8. The lowest BCUT2D eigenvalue weighted by Crippen LogP contribution is -1.85. The van der Waals surface area contributed by atoms with Gasteiger partial charge < -0.3 is 5.11 Å². The highest BCUT2D eigenvalue weighted by atomic mass is 16.3. The van der Waals surface area contributed by atoms with Gasteiger partial charge in [0.1, 0.15) is 5.76 Å². The predicted octanol–water partition coefficient (Wildman–Crippen LogP) is 3.61. The van der Waals surface area contributed by atoms with E-state index in [4.69, 9.17) is 0 Å². The fraction of sp³-hybridized carbons (Fsp3) is 0.500. The van der Waals surface area contributed by atoms with Gasteiger partial charge in [-0.05, 0) is 49.3 Å². The van der Waals surface area contributed by atoms with Crippen molar-refractivity contribution in [2.45, 2.75) is 26.7 Å². The molecule has 2 unspecified atom stereocenters. The van der Waals surface area contributed by atoms with Crippen LogP contribution in [0.15, 0.2) is 36.1 Å². The summed E-state index contributed by atoms with van der Waals surface area (Å²) in [6, 6.07) is 0. The van der Waals surface area contributed by atoms with Crippen molar-refractivity contribution in [3.63, 3.8) is 0 Å². The van der Waals surface area contributed by atoms with Gasteiger partial charge >= 0.3 is 0 Å². The summed E-state index contributed by atoms with van der Waals surface area (Å²) in [5.74, 6) is 2.01. The van der Waals surface area contributed by atoms with Crippen LogP contribution in [0.4, 0.5) is 0 Å². The summed E-state index contributed by atoms with van der Waals surface area (Å²) in [4.78, 5) is 0. The van der Waals surface area contributed by atoms with E-state index in [9.17, 15) is 5.11 Å². The third-order valence-corrected chi connectivity index (χ3v) is 2.67. The smallest absolute Gasteiger partial charge is 0.111 e. The van der Waals surface area contributed by atoms with Crippen LogP contribution in [0.25, 0.3) is 0 Å². The van der Waals surface area contributed by atoms with Gasteiger partial charge in [0.2, 0.25) is 0 Å². The minimum atomic E-state index is 0.336. The number of allylic oxidation sites excluding steroid dienone is 4. The Morgan fingerprint density at radius 1 is 1.62 bits per heavy atom. The number of hydrogen-bond acceptors (Lipinski definition) is 1. The Morgan fingerprint density at radius 2 is 2.23 bits per heavy atom. The highest BCUT2D eigenvalue weighted by molar-refractivity contribution is 5.26. The van der Waals surface area contributed by atoms with Crippen LogP contribution >= 0.6 is 0 Å². The maximum atomic E-state index is 9.30. The first-order valence-electron chi connectivity index (χ1n) is 4.85. The highest BCUT2D eigenvalue weighted by Crippen LogP contribution is 2.42. The summed E-state index contributed by atoms with van der Waals surface area (Å²) in [6.07, 6.45) is 7.72. The largest absolute Gasteiger partial charge is 0.508 e. The molecule has 0 radical (unpaired) electrons. The Hall–Kier alpha value is -0.980. The summed E-state index contributed by atoms with van der Waals surface area (Å²) in [7, 11) is 0. The monoisotopic (exact) mass is 178 g/mol. The third kappa shape index (κ3) is 3.10. The van der Waals surface area contributed by atoms with Crippen molar-refractivity contribution in [3.8, 4) is 0 Å². The highest BCUT2D eigenvalue weighted by Gasteiger charge is 2.32. The van der Waals surface area contributed by atoms with Crippen molar-refractivity contribution < 1.29 is 5.11 Å². The molecule has 13 heavy (non-hydrogen) atoms. The van der Waals surface area contributed by atoms with E-state index in [-0.39, 0.29) is 0 Å². The summed E-state index contributed by atoms with van der Waals surface area (Å²) in [6.45, 7) is 7.84. The fourth-order valence-corrected chi connectivity index (χ4v) is 1.46. The zero-order valence-corrected chi connectivity index (χ0v) is 8.46. The van der Waals surface area contributed by atoms with Gasteiger partial charge in [0.05, 0.1) is 0 Å². The molecule has 1 rings (SSSR count). The third-order valence-electron chi connectivity index (χ3n) is 2.67. The SMILES string of the molecule is C=C/C(=C\C(O)=C/C)CC1CC1C. The van der Waals surface area contributed by atoms with E-state index in [2.05, 4.69) is 13.5 Å². The predicted molar refractivity (Wildman–Crippen MR) is 56.6 cm³/mol. The van der Waals surface area contributed by atoms with Gasteiger partial charge in [-0.3, -0.25) is 0 Å². The molecule has 0 spiro atoms. The first-order chi connectivity index (χ1) is 6.17. The van der Waals surface area contributed by atoms with E-state index in [0.717, 1.165) is 23.8 Å². The maximum absolute atomic E-state index is 9.30. The minimum absolute atomic E-state index is 0.336. The van der Waals surface area contributed by atoms with Crippen LogP contribution in [0, 0.1) is 11.8 Å². The molecule has 0 aromatic carbocycles. The summed E-state index contributed by atoms with van der Waals surface area (Å²) >= 11 is 0. The quantitative estimate of drug-likeness (QED) is 0.515. The second-order valence-corrected chi connectivity index (χ2v) is 3.81. The van der Waals surface area contributed by atoms with Gasteiger partial charge in [-0.15, -0.1) is 0 Å². The van der Waals surface area contributed by atoms with E-state index in [1.807, 2.05) is 13.0 Å². The van der Waals surface area contributed by atoms with Gasteiger partial charge in [-0.25, -0.2) is 0 Å². The standard InChI is InChI=1S/C12H18O/c1-4-10(8-12(13)5-2)7-11-6-9(11)3/h4-5,8-9,11,13H,1,6-7H2,2-3H3/b10-8+,12-5+. The van der Waals surface area contributed by atoms with E-state index in [1.165, 1.54) is 6.42 Å². The van der Waals surface area contributed by atoms with Crippen LogP contribution in [0.3, 0.4) is 0 Å². The van der Waals surface area contributed by atoms with Crippen molar-refractivity contribution >= 4 is 0 Å². The molecule has 0 heterocycles. The Bertz CT molecular complexity index is 248. The molecule has 1 aliphatic carbocycles. The van der Waals surface area contributed by atoms with Crippen LogP contribution in [0.5, 0.6) is 0 Å². The van der Waals surface area contributed by atoms with Gasteiger partial charge in [0.25, 0.3) is 0 Å². The first kappa shape index (κ1) is 10.1. The second kappa shape index (κ2) is 4.31. The van der Waals surface area contributed by atoms with Gasteiger partial charge in [0.15, 0.2) is 0 Å². The first-order valence-corrected chi connectivity index (χ1v) is 4.85. The maximum Gasteiger partial charge on any atom is 0.111 e. The average Bonchev–Trinajstić information content (AvgIpc) is 2.80. The molecule has 1 nitrogen and oxygen atoms in total. The zero-order chi connectivity index (χ0) is 9.84. The molecule has 0 bridgehead atoms. The molecule has 72 valence electrons. The Balaban J connectivity index is 2.51. The molecule has 0 amide bonds. The molecule has 1 aliphatic rings. The molecule has 0 aliphatic heterocycles. The van der Waals surface area contributed by atoms with Crippen LogP contribution < -0.4 is 0 Å². The van der Waals surface area contributed by atoms with Crippen molar-refractivity contribution in [2.24, 2.45) is 11.8 Å². The lowest BCUT2D eigenvalue weighted by molar-refractivity contribution is 0.430. The van der Waals surface area contributed by atoms with Crippen molar-refractivity contribution in [2.75, 3.05) is 0 Å². The fourth-order valence-electron chi connectivity index (χ4n) is 1.46. The molecule has 2 atom stereocenters. The van der Waals surface area contributed by atoms with Crippen LogP contribution in [0.2, 0.25) is 0 Å². The molecular weight excluding hydrogens is 160 g/mol. The van der Waals surface area contributed by atoms with Crippen LogP contribution in [-0.2, 0) is 0 Å². The Kier molecular flexibility index (Phi) is 3.35. The topological polar surface area (TPSA) is 20.2 Å². The molecule has 1 heteroatoms. The summed E-state index contributed by atoms with van der Waals surface area (Å²) < 4.78 is 0. The molecule has 1 fully saturated rings. The molecule has 0 saturated heterocycles. The molecular formula is C12H18O. The number of rotatable bonds is 4. The second-order valence-electron chi connectivity index (χ2n) is 3.81. The van der Waals surface area contributed by atoms with Gasteiger partial charge in [-0.2, -0.15) is 0 Å². The molecule has 0 aromatic rings. The van der Waals surface area contributed by atoms with E-state index >= 15 is 0 Å². The number of hydrogen-bond donors (Lipinski definition) is 1. The molecule has 0 aromatic heterocycles. The van der Waals surface area contributed by atoms with E-state index < -0.39 is 0 Å². The summed E-state index contributed by atoms with van der Waals surface area (Å²) in [5.41, 5.74) is 1.14. The van der Waals surface area contributed by atoms with Crippen molar-refractivity contribution in [1.82, 2.24) is 0 Å².